The van der Waals surface area contributed by atoms with Gasteiger partial charge in [0.25, 0.3) is 0 Å². The summed E-state index contributed by atoms with van der Waals surface area (Å²) in [6.07, 6.45) is 1.95. The van der Waals surface area contributed by atoms with Crippen molar-refractivity contribution in [2.24, 2.45) is 0 Å². The molecule has 0 aliphatic heterocycles. The van der Waals surface area contributed by atoms with E-state index in [1.54, 1.807) is 33.4 Å². The number of amides is 2. The topological polar surface area (TPSA) is 119 Å². The lowest BCUT2D eigenvalue weighted by atomic mass is 10.00. The number of anilines is 1. The summed E-state index contributed by atoms with van der Waals surface area (Å²) in [6.45, 7) is 5.39. The number of fused-ring (bicyclic) bond motifs is 1. The van der Waals surface area contributed by atoms with Crippen LogP contribution in [0, 0.1) is 0 Å². The lowest BCUT2D eigenvalue weighted by Gasteiger charge is -2.14. The molecule has 0 saturated heterocycles. The van der Waals surface area contributed by atoms with Crippen molar-refractivity contribution in [3.05, 3.63) is 72.4 Å². The Morgan fingerprint density at radius 3 is 2.53 bits per heavy atom. The molecule has 0 saturated carbocycles. The minimum Gasteiger partial charge on any atom is -0.383 e. The van der Waals surface area contributed by atoms with Gasteiger partial charge in [0, 0.05) is 37.3 Å². The summed E-state index contributed by atoms with van der Waals surface area (Å²) < 4.78 is 9.98. The molecule has 3 N–H and O–H groups in total. The van der Waals surface area contributed by atoms with Crippen molar-refractivity contribution in [3.8, 4) is 11.3 Å². The zero-order valence-electron chi connectivity index (χ0n) is 20.8. The number of benzene rings is 2. The lowest BCUT2D eigenvalue weighted by Crippen LogP contribution is -2.34. The summed E-state index contributed by atoms with van der Waals surface area (Å²) in [6, 6.07) is 15.0. The molecule has 0 fully saturated rings. The van der Waals surface area contributed by atoms with Crippen LogP contribution in [0.2, 0.25) is 0 Å². The number of methoxy groups -OCH3 is 2. The molecule has 0 radical (unpaired) electrons. The Morgan fingerprint density at radius 2 is 1.86 bits per heavy atom. The fourth-order valence-corrected chi connectivity index (χ4v) is 3.32. The molecule has 1 heterocycles. The number of aldehydes is 1. The molecular weight excluding hydrogens is 460 g/mol. The minimum atomic E-state index is -0.290. The Hall–Kier alpha value is -3.92. The van der Waals surface area contributed by atoms with Gasteiger partial charge in [-0.25, -0.2) is 4.98 Å². The number of hydrogen-bond acceptors (Lipinski definition) is 7. The van der Waals surface area contributed by atoms with Gasteiger partial charge in [-0.05, 0) is 36.7 Å². The molecule has 3 aromatic rings. The van der Waals surface area contributed by atoms with E-state index in [0.29, 0.717) is 43.4 Å². The molecule has 2 amide bonds. The number of carbonyl (C=O) groups is 3. The van der Waals surface area contributed by atoms with Crippen LogP contribution in [-0.4, -0.2) is 64.0 Å². The molecule has 0 aliphatic carbocycles. The maximum Gasteiger partial charge on any atom is 0.247 e. The Labute approximate surface area is 210 Å². The third kappa shape index (κ3) is 8.38. The SMILES string of the molecule is C=CC(=O)Nc1c(COC)ccc2ccc(-c3cccc(C=O)n3)cc12.CNCC(=O)NCCOC. The molecule has 0 atom stereocenters. The zero-order valence-corrected chi connectivity index (χ0v) is 20.8. The smallest absolute Gasteiger partial charge is 0.247 e. The summed E-state index contributed by atoms with van der Waals surface area (Å²) >= 11 is 0. The van der Waals surface area contributed by atoms with E-state index in [0.717, 1.165) is 28.2 Å². The molecule has 9 nitrogen and oxygen atoms in total. The molecule has 0 spiro atoms. The second kappa shape index (κ2) is 15.2. The number of nitrogens with zero attached hydrogens (tertiary/aromatic N) is 1. The van der Waals surface area contributed by atoms with E-state index < -0.39 is 0 Å². The van der Waals surface area contributed by atoms with Crippen LogP contribution in [-0.2, 0) is 25.7 Å². The number of carbonyl (C=O) groups excluding carboxylic acids is 3. The number of ether oxygens (including phenoxy) is 2. The Bertz CT molecular complexity index is 1200. The van der Waals surface area contributed by atoms with Crippen LogP contribution in [0.3, 0.4) is 0 Å². The second-order valence-electron chi connectivity index (χ2n) is 7.60. The predicted octanol–water partition coefficient (Wildman–Crippen LogP) is 2.95. The maximum atomic E-state index is 11.9. The van der Waals surface area contributed by atoms with E-state index in [-0.39, 0.29) is 11.8 Å². The van der Waals surface area contributed by atoms with Crippen molar-refractivity contribution in [1.29, 1.82) is 0 Å². The highest BCUT2D eigenvalue weighted by Gasteiger charge is 2.12. The molecule has 0 aliphatic rings. The van der Waals surface area contributed by atoms with E-state index >= 15 is 0 Å². The number of likely N-dealkylation sites (N-methyl/N-ethyl adjacent to an activating group) is 1. The van der Waals surface area contributed by atoms with Gasteiger partial charge < -0.3 is 25.4 Å². The van der Waals surface area contributed by atoms with Crippen molar-refractivity contribution >= 4 is 34.6 Å². The standard InChI is InChI=1S/C21H18N2O3.C6H14N2O2/c1-3-20(25)23-21-16(13-26-2)10-8-14-7-9-15(11-18(14)21)19-6-4-5-17(12-24)22-19;1-7-5-6(9)8-3-4-10-2/h3-12H,1,13H2,2H3,(H,23,25);7H,3-5H2,1-2H3,(H,8,9). The van der Waals surface area contributed by atoms with Gasteiger partial charge in [0.15, 0.2) is 6.29 Å². The number of nitrogens with one attached hydrogen (secondary N) is 3. The molecule has 9 heteroatoms. The summed E-state index contributed by atoms with van der Waals surface area (Å²) in [5, 5.41) is 10.1. The minimum absolute atomic E-state index is 0.000417. The van der Waals surface area contributed by atoms with Crippen molar-refractivity contribution in [2.45, 2.75) is 6.61 Å². The lowest BCUT2D eigenvalue weighted by molar-refractivity contribution is -0.120. The zero-order chi connectivity index (χ0) is 26.3. The fourth-order valence-electron chi connectivity index (χ4n) is 3.32. The normalized spacial score (nSPS) is 10.2. The number of hydrogen-bond donors (Lipinski definition) is 3. The van der Waals surface area contributed by atoms with Crippen LogP contribution in [0.25, 0.3) is 22.0 Å². The number of aromatic nitrogens is 1. The van der Waals surface area contributed by atoms with Crippen LogP contribution in [0.5, 0.6) is 0 Å². The average molecular weight is 493 g/mol. The number of rotatable bonds is 11. The summed E-state index contributed by atoms with van der Waals surface area (Å²) in [5.41, 5.74) is 3.46. The highest BCUT2D eigenvalue weighted by molar-refractivity contribution is 6.07. The van der Waals surface area contributed by atoms with Crippen LogP contribution in [0.1, 0.15) is 16.1 Å². The maximum absolute atomic E-state index is 11.9. The third-order valence-corrected chi connectivity index (χ3v) is 4.99. The molecule has 1 aromatic heterocycles. The van der Waals surface area contributed by atoms with Gasteiger partial charge in [-0.1, -0.05) is 36.9 Å². The second-order valence-corrected chi connectivity index (χ2v) is 7.60. The van der Waals surface area contributed by atoms with Crippen LogP contribution < -0.4 is 16.0 Å². The highest BCUT2D eigenvalue weighted by atomic mass is 16.5. The first-order chi connectivity index (χ1) is 17.5. The van der Waals surface area contributed by atoms with Crippen LogP contribution in [0.4, 0.5) is 5.69 Å². The first-order valence-corrected chi connectivity index (χ1v) is 11.3. The molecule has 2 aromatic carbocycles. The average Bonchev–Trinajstić information content (AvgIpc) is 2.90. The van der Waals surface area contributed by atoms with Gasteiger partial charge in [-0.3, -0.25) is 14.4 Å². The molecule has 3 rings (SSSR count). The fraction of sp³-hybridized carbons (Fsp3) is 0.259. The Balaban J connectivity index is 0.000000388. The molecular formula is C27H32N4O5. The molecule has 36 heavy (non-hydrogen) atoms. The van der Waals surface area contributed by atoms with Gasteiger partial charge in [0.05, 0.1) is 31.1 Å². The van der Waals surface area contributed by atoms with Crippen LogP contribution >= 0.6 is 0 Å². The quantitative estimate of drug-likeness (QED) is 0.214. The van der Waals surface area contributed by atoms with Gasteiger partial charge in [0.1, 0.15) is 5.69 Å². The van der Waals surface area contributed by atoms with Crippen molar-refractivity contribution in [2.75, 3.05) is 46.3 Å². The van der Waals surface area contributed by atoms with E-state index in [4.69, 9.17) is 9.47 Å². The number of pyridine rings is 1. The molecule has 0 bridgehead atoms. The van der Waals surface area contributed by atoms with Gasteiger partial charge in [-0.15, -0.1) is 0 Å². The Morgan fingerprint density at radius 1 is 1.08 bits per heavy atom. The molecule has 0 unspecified atom stereocenters. The summed E-state index contributed by atoms with van der Waals surface area (Å²) in [5.74, 6) is -0.291. The van der Waals surface area contributed by atoms with E-state index in [1.165, 1.54) is 6.08 Å². The largest absolute Gasteiger partial charge is 0.383 e. The monoisotopic (exact) mass is 492 g/mol. The van der Waals surface area contributed by atoms with Gasteiger partial charge >= 0.3 is 0 Å². The van der Waals surface area contributed by atoms with Crippen LogP contribution in [0.15, 0.2) is 61.2 Å². The summed E-state index contributed by atoms with van der Waals surface area (Å²) in [7, 11) is 4.94. The van der Waals surface area contributed by atoms with Crippen molar-refractivity contribution in [3.63, 3.8) is 0 Å². The predicted molar refractivity (Wildman–Crippen MR) is 141 cm³/mol. The third-order valence-electron chi connectivity index (χ3n) is 4.99. The first-order valence-electron chi connectivity index (χ1n) is 11.3. The highest BCUT2D eigenvalue weighted by Crippen LogP contribution is 2.32. The Kier molecular flexibility index (Phi) is 11.9. The van der Waals surface area contributed by atoms with E-state index in [2.05, 4.69) is 27.5 Å². The first kappa shape index (κ1) is 28.3. The molecule has 190 valence electrons. The van der Waals surface area contributed by atoms with E-state index in [1.807, 2.05) is 36.4 Å². The van der Waals surface area contributed by atoms with Crippen molar-refractivity contribution < 1.29 is 23.9 Å². The van der Waals surface area contributed by atoms with Gasteiger partial charge in [0.2, 0.25) is 11.8 Å². The van der Waals surface area contributed by atoms with Gasteiger partial charge in [-0.2, -0.15) is 0 Å². The van der Waals surface area contributed by atoms with E-state index in [9.17, 15) is 14.4 Å². The van der Waals surface area contributed by atoms with Crippen molar-refractivity contribution in [1.82, 2.24) is 15.6 Å². The summed E-state index contributed by atoms with van der Waals surface area (Å²) in [4.78, 5) is 37.9.